The molecule has 1 amide bonds. The predicted molar refractivity (Wildman–Crippen MR) is 124 cm³/mol. The largest absolute Gasteiger partial charge is 0.492 e. The highest BCUT2D eigenvalue weighted by molar-refractivity contribution is 5.95. The van der Waals surface area contributed by atoms with Gasteiger partial charge in [-0.1, -0.05) is 0 Å². The van der Waals surface area contributed by atoms with E-state index in [-0.39, 0.29) is 48.5 Å². The van der Waals surface area contributed by atoms with Crippen molar-refractivity contribution >= 4 is 11.9 Å². The van der Waals surface area contributed by atoms with Crippen LogP contribution in [-0.2, 0) is 17.7 Å². The van der Waals surface area contributed by atoms with Gasteiger partial charge < -0.3 is 23.8 Å². The number of amides is 1. The second kappa shape index (κ2) is 10.6. The second-order valence-corrected chi connectivity index (χ2v) is 8.90. The Kier molecular flexibility index (Phi) is 7.49. The number of rotatable bonds is 6. The van der Waals surface area contributed by atoms with Gasteiger partial charge >= 0.3 is 5.97 Å². The van der Waals surface area contributed by atoms with Crippen LogP contribution in [-0.4, -0.2) is 72.7 Å². The number of ether oxygens (including phenoxy) is 2. The lowest BCUT2D eigenvalue weighted by Crippen LogP contribution is -2.34. The smallest absolute Gasteiger partial charge is 0.343 e. The summed E-state index contributed by atoms with van der Waals surface area (Å²) in [6, 6.07) is 4.67. The van der Waals surface area contributed by atoms with E-state index in [1.807, 2.05) is 0 Å². The molecule has 8 nitrogen and oxygen atoms in total. The van der Waals surface area contributed by atoms with Gasteiger partial charge in [0.1, 0.15) is 11.3 Å². The molecule has 0 saturated carbocycles. The molecule has 0 bridgehead atoms. The number of hydrogen-bond donors (Lipinski definition) is 0. The zero-order chi connectivity index (χ0) is 25.1. The van der Waals surface area contributed by atoms with E-state index in [0.717, 1.165) is 37.9 Å². The number of aromatic nitrogens is 1. The van der Waals surface area contributed by atoms with E-state index < -0.39 is 23.5 Å². The van der Waals surface area contributed by atoms with E-state index >= 15 is 0 Å². The van der Waals surface area contributed by atoms with Crippen LogP contribution >= 0.6 is 0 Å². The van der Waals surface area contributed by atoms with E-state index in [4.69, 9.17) is 9.47 Å². The van der Waals surface area contributed by atoms with Gasteiger partial charge in [0.25, 0.3) is 11.5 Å². The van der Waals surface area contributed by atoms with Crippen molar-refractivity contribution in [3.8, 4) is 5.75 Å². The fourth-order valence-corrected chi connectivity index (χ4v) is 4.85. The quantitative estimate of drug-likeness (QED) is 0.580. The fourth-order valence-electron chi connectivity index (χ4n) is 4.85. The summed E-state index contributed by atoms with van der Waals surface area (Å²) >= 11 is 0. The van der Waals surface area contributed by atoms with E-state index in [1.54, 1.807) is 0 Å². The molecule has 0 radical (unpaired) electrons. The Hall–Kier alpha value is -3.27. The number of carbonyl (C=O) groups is 2. The molecule has 1 saturated heterocycles. The Morgan fingerprint density at radius 2 is 1.89 bits per heavy atom. The van der Waals surface area contributed by atoms with Gasteiger partial charge in [-0.15, -0.1) is 0 Å². The number of likely N-dealkylation sites (tertiary alicyclic amines) is 1. The zero-order valence-corrected chi connectivity index (χ0v) is 19.9. The van der Waals surface area contributed by atoms with Crippen molar-refractivity contribution in [2.24, 2.45) is 0 Å². The Morgan fingerprint density at radius 3 is 2.57 bits per heavy atom. The van der Waals surface area contributed by atoms with E-state index in [9.17, 15) is 23.2 Å². The van der Waals surface area contributed by atoms with Crippen LogP contribution in [0, 0.1) is 11.6 Å². The van der Waals surface area contributed by atoms with Crippen LogP contribution in [0.1, 0.15) is 45.7 Å². The number of carbonyl (C=O) groups excluding carboxylic acids is 2. The van der Waals surface area contributed by atoms with Gasteiger partial charge in [-0.3, -0.25) is 9.59 Å². The van der Waals surface area contributed by atoms with Crippen molar-refractivity contribution in [2.75, 3.05) is 40.4 Å². The third-order valence-electron chi connectivity index (χ3n) is 6.82. The van der Waals surface area contributed by atoms with Crippen LogP contribution in [0.5, 0.6) is 5.75 Å². The lowest BCUT2D eigenvalue weighted by atomic mass is 10.1. The highest BCUT2D eigenvalue weighted by atomic mass is 19.2. The maximum atomic E-state index is 13.6. The number of methoxy groups -OCH3 is 1. The molecule has 0 spiro atoms. The van der Waals surface area contributed by atoms with Crippen LogP contribution in [0.4, 0.5) is 8.78 Å². The van der Waals surface area contributed by atoms with Crippen LogP contribution in [0.3, 0.4) is 0 Å². The molecular weight excluding hydrogens is 460 g/mol. The monoisotopic (exact) mass is 489 g/mol. The first-order valence-electron chi connectivity index (χ1n) is 11.7. The molecule has 0 N–H and O–H groups in total. The minimum absolute atomic E-state index is 0.0105. The first-order chi connectivity index (χ1) is 16.8. The number of hydrogen-bond acceptors (Lipinski definition) is 6. The molecule has 1 aromatic heterocycles. The molecule has 2 aromatic rings. The van der Waals surface area contributed by atoms with Crippen LogP contribution < -0.4 is 10.3 Å². The summed E-state index contributed by atoms with van der Waals surface area (Å²) in [4.78, 5) is 42.3. The lowest BCUT2D eigenvalue weighted by Gasteiger charge is -2.21. The average Bonchev–Trinajstić information content (AvgIpc) is 3.11. The Bertz CT molecular complexity index is 1180. The minimum Gasteiger partial charge on any atom is -0.492 e. The lowest BCUT2D eigenvalue weighted by molar-refractivity contribution is 0.0592. The van der Waals surface area contributed by atoms with Crippen molar-refractivity contribution in [2.45, 2.75) is 38.3 Å². The van der Waals surface area contributed by atoms with Gasteiger partial charge in [0.15, 0.2) is 11.6 Å². The average molecular weight is 490 g/mol. The first-order valence-corrected chi connectivity index (χ1v) is 11.7. The molecule has 1 fully saturated rings. The molecule has 188 valence electrons. The fraction of sp³-hybridized carbons (Fsp3) is 0.480. The molecule has 1 aromatic carbocycles. The number of halogens is 2. The van der Waals surface area contributed by atoms with Crippen molar-refractivity contribution in [3.63, 3.8) is 0 Å². The highest BCUT2D eigenvalue weighted by Gasteiger charge is 2.28. The molecule has 10 heteroatoms. The third kappa shape index (κ3) is 5.22. The number of pyridine rings is 1. The maximum Gasteiger partial charge on any atom is 0.343 e. The molecule has 0 aliphatic carbocycles. The first kappa shape index (κ1) is 24.8. The summed E-state index contributed by atoms with van der Waals surface area (Å²) in [6.45, 7) is 1.87. The number of benzene rings is 1. The molecule has 3 heterocycles. The SMILES string of the molecule is COC(=O)c1c(OCC[C@H]2CCCN2C)cc(=O)n2c1CCN(C(=O)c1ccc(F)c(F)c1)CC2. The predicted octanol–water partition coefficient (Wildman–Crippen LogP) is 2.47. The van der Waals surface area contributed by atoms with Crippen molar-refractivity contribution in [1.29, 1.82) is 0 Å². The summed E-state index contributed by atoms with van der Waals surface area (Å²) in [7, 11) is 3.33. The molecule has 0 unspecified atom stereocenters. The van der Waals surface area contributed by atoms with Crippen LogP contribution in [0.15, 0.2) is 29.1 Å². The molecule has 1 atom stereocenters. The molecule has 2 aliphatic rings. The zero-order valence-electron chi connectivity index (χ0n) is 19.9. The van der Waals surface area contributed by atoms with Gasteiger partial charge in [0.2, 0.25) is 0 Å². The topological polar surface area (TPSA) is 81.1 Å². The Balaban J connectivity index is 1.57. The summed E-state index contributed by atoms with van der Waals surface area (Å²) in [5, 5.41) is 0. The third-order valence-corrected chi connectivity index (χ3v) is 6.82. The summed E-state index contributed by atoms with van der Waals surface area (Å²) in [6.07, 6.45) is 3.18. The number of esters is 1. The molecule has 35 heavy (non-hydrogen) atoms. The Labute approximate surface area is 202 Å². The van der Waals surface area contributed by atoms with Crippen molar-refractivity contribution in [1.82, 2.24) is 14.4 Å². The highest BCUT2D eigenvalue weighted by Crippen LogP contribution is 2.26. The Morgan fingerprint density at radius 1 is 1.09 bits per heavy atom. The standard InChI is InChI=1S/C25H29F2N3O5/c1-28-9-3-4-17(28)8-13-35-21-15-22(31)30-12-11-29(10-7-20(30)23(21)25(33)34-2)24(32)16-5-6-18(26)19(27)14-16/h5-6,14-15,17H,3-4,7-13H2,1-2H3/t17-/m1/s1. The maximum absolute atomic E-state index is 13.6. The summed E-state index contributed by atoms with van der Waals surface area (Å²) in [5.74, 6) is -3.08. The minimum atomic E-state index is -1.11. The molecular formula is C25H29F2N3O5. The number of fused-ring (bicyclic) bond motifs is 1. The van der Waals surface area contributed by atoms with Crippen molar-refractivity contribution < 1.29 is 27.8 Å². The van der Waals surface area contributed by atoms with E-state index in [1.165, 1.54) is 28.7 Å². The van der Waals surface area contributed by atoms with E-state index in [0.29, 0.717) is 18.3 Å². The van der Waals surface area contributed by atoms with Crippen molar-refractivity contribution in [3.05, 3.63) is 63.1 Å². The van der Waals surface area contributed by atoms with Gasteiger partial charge in [-0.25, -0.2) is 13.6 Å². The van der Waals surface area contributed by atoms with Crippen LogP contribution in [0.25, 0.3) is 0 Å². The van der Waals surface area contributed by atoms with Crippen LogP contribution in [0.2, 0.25) is 0 Å². The molecule has 2 aliphatic heterocycles. The molecule has 4 rings (SSSR count). The normalized spacial score (nSPS) is 18.2. The van der Waals surface area contributed by atoms with Gasteiger partial charge in [-0.2, -0.15) is 0 Å². The summed E-state index contributed by atoms with van der Waals surface area (Å²) < 4.78 is 39.3. The number of nitrogens with zero attached hydrogens (tertiary/aromatic N) is 3. The van der Waals surface area contributed by atoms with Gasteiger partial charge in [-0.05, 0) is 51.1 Å². The summed E-state index contributed by atoms with van der Waals surface area (Å²) in [5.41, 5.74) is 0.269. The van der Waals surface area contributed by atoms with Gasteiger partial charge in [0, 0.05) is 49.4 Å². The second-order valence-electron chi connectivity index (χ2n) is 8.90. The van der Waals surface area contributed by atoms with E-state index in [2.05, 4.69) is 11.9 Å². The van der Waals surface area contributed by atoms with Gasteiger partial charge in [0.05, 0.1) is 13.7 Å².